The molecule has 0 aromatic heterocycles. The molecule has 6 heteroatoms. The van der Waals surface area contributed by atoms with Crippen LogP contribution in [0.15, 0.2) is 24.3 Å². The molecular formula is C17H25Cl2N3O. The lowest BCUT2D eigenvalue weighted by Crippen LogP contribution is -2.38. The van der Waals surface area contributed by atoms with E-state index >= 15 is 0 Å². The summed E-state index contributed by atoms with van der Waals surface area (Å²) in [5, 5.41) is 3.54. The number of carbonyl (C=O) groups is 1. The van der Waals surface area contributed by atoms with Gasteiger partial charge in [0.15, 0.2) is 0 Å². The molecule has 128 valence electrons. The zero-order chi connectivity index (χ0) is 15.5. The molecule has 1 aliphatic heterocycles. The molecule has 2 aliphatic rings. The van der Waals surface area contributed by atoms with Gasteiger partial charge in [-0.15, -0.1) is 12.4 Å². The fraction of sp³-hybridized carbons (Fsp3) is 0.588. The van der Waals surface area contributed by atoms with Crippen LogP contribution in [-0.4, -0.2) is 36.5 Å². The number of nitrogens with zero attached hydrogens (tertiary/aromatic N) is 1. The van der Waals surface area contributed by atoms with Gasteiger partial charge in [-0.05, 0) is 42.9 Å². The summed E-state index contributed by atoms with van der Waals surface area (Å²) in [7, 11) is 0. The molecule has 1 amide bonds. The van der Waals surface area contributed by atoms with Crippen molar-refractivity contribution in [2.24, 2.45) is 17.6 Å². The Labute approximate surface area is 149 Å². The number of likely N-dealkylation sites (tertiary alicyclic amines) is 1. The van der Waals surface area contributed by atoms with Crippen molar-refractivity contribution in [2.75, 3.05) is 25.0 Å². The van der Waals surface area contributed by atoms with Crippen molar-refractivity contribution in [2.45, 2.75) is 31.7 Å². The van der Waals surface area contributed by atoms with Gasteiger partial charge in [-0.1, -0.05) is 24.1 Å². The SMILES string of the molecule is Cl.NC1CCCC2CN(CCC(=O)Nc3cccc(Cl)c3)CC12. The second kappa shape index (κ2) is 8.34. The Morgan fingerprint density at radius 3 is 2.91 bits per heavy atom. The normalized spacial score (nSPS) is 27.1. The molecule has 2 fully saturated rings. The molecule has 3 unspecified atom stereocenters. The van der Waals surface area contributed by atoms with Crippen LogP contribution in [-0.2, 0) is 4.79 Å². The molecule has 1 aromatic carbocycles. The highest BCUT2D eigenvalue weighted by Gasteiger charge is 2.38. The molecule has 0 radical (unpaired) electrons. The van der Waals surface area contributed by atoms with Gasteiger partial charge in [0.05, 0.1) is 0 Å². The molecule has 3 atom stereocenters. The fourth-order valence-corrected chi connectivity index (χ4v) is 4.03. The van der Waals surface area contributed by atoms with E-state index in [-0.39, 0.29) is 18.3 Å². The quantitative estimate of drug-likeness (QED) is 0.869. The molecular weight excluding hydrogens is 333 g/mol. The van der Waals surface area contributed by atoms with Crippen molar-refractivity contribution in [1.29, 1.82) is 0 Å². The first kappa shape index (κ1) is 18.5. The van der Waals surface area contributed by atoms with Crippen LogP contribution in [0.25, 0.3) is 0 Å². The molecule has 1 heterocycles. The highest BCUT2D eigenvalue weighted by atomic mass is 35.5. The van der Waals surface area contributed by atoms with Crippen LogP contribution in [0, 0.1) is 11.8 Å². The average molecular weight is 358 g/mol. The third kappa shape index (κ3) is 4.83. The van der Waals surface area contributed by atoms with Crippen molar-refractivity contribution < 1.29 is 4.79 Å². The number of hydrogen-bond donors (Lipinski definition) is 2. The average Bonchev–Trinajstić information content (AvgIpc) is 2.90. The lowest BCUT2D eigenvalue weighted by atomic mass is 9.78. The van der Waals surface area contributed by atoms with E-state index in [9.17, 15) is 4.79 Å². The second-order valence-corrected chi connectivity index (χ2v) is 7.02. The number of carbonyl (C=O) groups excluding carboxylic acids is 1. The monoisotopic (exact) mass is 357 g/mol. The van der Waals surface area contributed by atoms with Crippen molar-refractivity contribution in [3.63, 3.8) is 0 Å². The molecule has 0 spiro atoms. The van der Waals surface area contributed by atoms with E-state index in [4.69, 9.17) is 17.3 Å². The van der Waals surface area contributed by atoms with E-state index in [1.165, 1.54) is 12.8 Å². The van der Waals surface area contributed by atoms with Crippen molar-refractivity contribution in [1.82, 2.24) is 4.90 Å². The van der Waals surface area contributed by atoms with Crippen LogP contribution in [0.5, 0.6) is 0 Å². The summed E-state index contributed by atoms with van der Waals surface area (Å²) < 4.78 is 0. The molecule has 1 aliphatic carbocycles. The summed E-state index contributed by atoms with van der Waals surface area (Å²) in [4.78, 5) is 14.5. The molecule has 23 heavy (non-hydrogen) atoms. The van der Waals surface area contributed by atoms with Gasteiger partial charge in [-0.2, -0.15) is 0 Å². The third-order valence-electron chi connectivity index (χ3n) is 4.99. The largest absolute Gasteiger partial charge is 0.327 e. The summed E-state index contributed by atoms with van der Waals surface area (Å²) >= 11 is 5.92. The number of anilines is 1. The summed E-state index contributed by atoms with van der Waals surface area (Å²) in [5.74, 6) is 1.41. The predicted octanol–water partition coefficient (Wildman–Crippen LogP) is 3.15. The predicted molar refractivity (Wildman–Crippen MR) is 97.2 cm³/mol. The van der Waals surface area contributed by atoms with Gasteiger partial charge in [-0.3, -0.25) is 4.79 Å². The number of benzene rings is 1. The van der Waals surface area contributed by atoms with Crippen LogP contribution in [0.4, 0.5) is 5.69 Å². The van der Waals surface area contributed by atoms with E-state index in [0.29, 0.717) is 23.4 Å². The smallest absolute Gasteiger partial charge is 0.225 e. The summed E-state index contributed by atoms with van der Waals surface area (Å²) in [5.41, 5.74) is 6.99. The van der Waals surface area contributed by atoms with Gasteiger partial charge in [-0.25, -0.2) is 0 Å². The van der Waals surface area contributed by atoms with Gasteiger partial charge < -0.3 is 16.0 Å². The number of amides is 1. The van der Waals surface area contributed by atoms with Crippen LogP contribution >= 0.6 is 24.0 Å². The Bertz CT molecular complexity index is 540. The van der Waals surface area contributed by atoms with Gasteiger partial charge in [0, 0.05) is 42.8 Å². The summed E-state index contributed by atoms with van der Waals surface area (Å²) in [6, 6.07) is 7.61. The zero-order valence-electron chi connectivity index (χ0n) is 13.2. The standard InChI is InChI=1S/C17H24ClN3O.ClH/c18-13-4-2-5-14(9-13)20-17(22)7-8-21-10-12-3-1-6-16(19)15(12)11-21;/h2,4-5,9,12,15-16H,1,3,6-8,10-11,19H2,(H,20,22);1H. The lowest BCUT2D eigenvalue weighted by Gasteiger charge is -2.29. The first-order chi connectivity index (χ1) is 10.6. The van der Waals surface area contributed by atoms with Crippen molar-refractivity contribution in [3.05, 3.63) is 29.3 Å². The van der Waals surface area contributed by atoms with E-state index in [2.05, 4.69) is 10.2 Å². The number of fused-ring (bicyclic) bond motifs is 1. The Kier molecular flexibility index (Phi) is 6.72. The van der Waals surface area contributed by atoms with Gasteiger partial charge >= 0.3 is 0 Å². The van der Waals surface area contributed by atoms with E-state index in [0.717, 1.165) is 37.7 Å². The minimum atomic E-state index is 0. The topological polar surface area (TPSA) is 58.4 Å². The first-order valence-electron chi connectivity index (χ1n) is 8.15. The van der Waals surface area contributed by atoms with E-state index in [1.807, 2.05) is 12.1 Å². The molecule has 1 saturated heterocycles. The number of halogens is 2. The Hall–Kier alpha value is -0.810. The number of nitrogens with one attached hydrogen (secondary N) is 1. The maximum atomic E-state index is 12.1. The van der Waals surface area contributed by atoms with Crippen LogP contribution in [0.3, 0.4) is 0 Å². The Balaban J connectivity index is 0.00000192. The first-order valence-corrected chi connectivity index (χ1v) is 8.53. The minimum Gasteiger partial charge on any atom is -0.327 e. The molecule has 4 nitrogen and oxygen atoms in total. The molecule has 0 bridgehead atoms. The van der Waals surface area contributed by atoms with Crippen LogP contribution < -0.4 is 11.1 Å². The van der Waals surface area contributed by atoms with Crippen molar-refractivity contribution in [3.8, 4) is 0 Å². The second-order valence-electron chi connectivity index (χ2n) is 6.59. The fourth-order valence-electron chi connectivity index (χ4n) is 3.84. The maximum Gasteiger partial charge on any atom is 0.225 e. The molecule has 3 rings (SSSR count). The number of nitrogens with two attached hydrogens (primary N) is 1. The molecule has 1 aromatic rings. The van der Waals surface area contributed by atoms with E-state index in [1.54, 1.807) is 12.1 Å². The highest BCUT2D eigenvalue weighted by molar-refractivity contribution is 6.30. The summed E-state index contributed by atoms with van der Waals surface area (Å²) in [6.07, 6.45) is 4.22. The van der Waals surface area contributed by atoms with Crippen LogP contribution in [0.2, 0.25) is 5.02 Å². The van der Waals surface area contributed by atoms with Gasteiger partial charge in [0.1, 0.15) is 0 Å². The Morgan fingerprint density at radius 1 is 1.35 bits per heavy atom. The zero-order valence-corrected chi connectivity index (χ0v) is 14.8. The number of rotatable bonds is 4. The highest BCUT2D eigenvalue weighted by Crippen LogP contribution is 2.35. The Morgan fingerprint density at radius 2 is 2.17 bits per heavy atom. The third-order valence-corrected chi connectivity index (χ3v) is 5.23. The number of hydrogen-bond acceptors (Lipinski definition) is 3. The van der Waals surface area contributed by atoms with Crippen LogP contribution in [0.1, 0.15) is 25.7 Å². The minimum absolute atomic E-state index is 0. The van der Waals surface area contributed by atoms with E-state index < -0.39 is 0 Å². The van der Waals surface area contributed by atoms with Crippen molar-refractivity contribution >= 4 is 35.6 Å². The molecule has 3 N–H and O–H groups in total. The van der Waals surface area contributed by atoms with Gasteiger partial charge in [0.2, 0.25) is 5.91 Å². The van der Waals surface area contributed by atoms with Gasteiger partial charge in [0.25, 0.3) is 0 Å². The summed E-state index contributed by atoms with van der Waals surface area (Å²) in [6.45, 7) is 2.96. The molecule has 1 saturated carbocycles. The lowest BCUT2D eigenvalue weighted by molar-refractivity contribution is -0.116. The maximum absolute atomic E-state index is 12.1.